The van der Waals surface area contributed by atoms with Crippen LogP contribution in [0.5, 0.6) is 5.75 Å². The van der Waals surface area contributed by atoms with Crippen molar-refractivity contribution in [2.75, 3.05) is 25.5 Å². The first-order valence-corrected chi connectivity index (χ1v) is 11.1. The van der Waals surface area contributed by atoms with E-state index in [9.17, 15) is 18.6 Å². The van der Waals surface area contributed by atoms with Gasteiger partial charge in [-0.05, 0) is 36.1 Å². The highest BCUT2D eigenvalue weighted by atomic mass is 32.2. The van der Waals surface area contributed by atoms with Crippen LogP contribution in [0.2, 0.25) is 0 Å². The number of nitrogens with zero attached hydrogens (tertiary/aromatic N) is 1. The Morgan fingerprint density at radius 1 is 1.10 bits per heavy atom. The maximum Gasteiger partial charge on any atom is 0.243 e. The van der Waals surface area contributed by atoms with Crippen LogP contribution in [-0.4, -0.2) is 55.2 Å². The molecule has 29 heavy (non-hydrogen) atoms. The summed E-state index contributed by atoms with van der Waals surface area (Å²) in [5.41, 5.74) is 7.46. The third kappa shape index (κ3) is 6.17. The van der Waals surface area contributed by atoms with Crippen molar-refractivity contribution in [1.29, 1.82) is 0 Å². The number of benzene rings is 2. The zero-order valence-electron chi connectivity index (χ0n) is 17.1. The number of phenolic OH excluding ortho intramolecular Hbond substituents is 1. The predicted octanol–water partition coefficient (Wildman–Crippen LogP) is 2.01. The molecule has 0 aliphatic heterocycles. The number of phenols is 1. The molecule has 2 atom stereocenters. The Bertz CT molecular complexity index is 888. The number of rotatable bonds is 10. The second kappa shape index (κ2) is 10.1. The lowest BCUT2D eigenvalue weighted by atomic mass is 10.0. The van der Waals surface area contributed by atoms with Crippen LogP contribution in [-0.2, 0) is 16.4 Å². The number of aromatic hydroxyl groups is 1. The number of anilines is 1. The van der Waals surface area contributed by atoms with Crippen molar-refractivity contribution in [2.24, 2.45) is 11.7 Å². The molecule has 0 aliphatic rings. The smallest absolute Gasteiger partial charge is 0.243 e. The fraction of sp³-hybridized carbons (Fsp3) is 0.429. The highest BCUT2D eigenvalue weighted by molar-refractivity contribution is 7.89. The summed E-state index contributed by atoms with van der Waals surface area (Å²) in [6, 6.07) is 13.0. The maximum absolute atomic E-state index is 13.2. The van der Waals surface area contributed by atoms with Crippen molar-refractivity contribution in [2.45, 2.75) is 37.3 Å². The van der Waals surface area contributed by atoms with Gasteiger partial charge in [-0.3, -0.25) is 0 Å². The predicted molar refractivity (Wildman–Crippen MR) is 115 cm³/mol. The van der Waals surface area contributed by atoms with Crippen molar-refractivity contribution in [3.63, 3.8) is 0 Å². The zero-order chi connectivity index (χ0) is 21.6. The molecule has 5 N–H and O–H groups in total. The van der Waals surface area contributed by atoms with Crippen molar-refractivity contribution in [1.82, 2.24) is 4.31 Å². The van der Waals surface area contributed by atoms with Gasteiger partial charge in [0.05, 0.1) is 16.7 Å². The highest BCUT2D eigenvalue weighted by Gasteiger charge is 2.30. The molecule has 0 saturated heterocycles. The Morgan fingerprint density at radius 2 is 1.76 bits per heavy atom. The Morgan fingerprint density at radius 3 is 2.34 bits per heavy atom. The van der Waals surface area contributed by atoms with Crippen LogP contribution in [0.25, 0.3) is 0 Å². The fourth-order valence-corrected chi connectivity index (χ4v) is 4.72. The highest BCUT2D eigenvalue weighted by Crippen LogP contribution is 2.28. The van der Waals surface area contributed by atoms with E-state index in [2.05, 4.69) is 5.32 Å². The van der Waals surface area contributed by atoms with Gasteiger partial charge in [-0.1, -0.05) is 44.2 Å². The average molecular weight is 422 g/mol. The first-order valence-electron chi connectivity index (χ1n) is 9.63. The van der Waals surface area contributed by atoms with Gasteiger partial charge in [0.25, 0.3) is 0 Å². The maximum atomic E-state index is 13.2. The van der Waals surface area contributed by atoms with Crippen LogP contribution < -0.4 is 11.1 Å². The minimum atomic E-state index is -3.88. The van der Waals surface area contributed by atoms with Gasteiger partial charge in [0, 0.05) is 26.2 Å². The van der Waals surface area contributed by atoms with Crippen LogP contribution in [0.1, 0.15) is 19.4 Å². The van der Waals surface area contributed by atoms with E-state index in [-0.39, 0.29) is 29.7 Å². The Balaban J connectivity index is 2.23. The van der Waals surface area contributed by atoms with Crippen LogP contribution >= 0.6 is 0 Å². The van der Waals surface area contributed by atoms with Crippen molar-refractivity contribution < 1.29 is 18.6 Å². The molecule has 0 spiro atoms. The molecule has 0 saturated carbocycles. The van der Waals surface area contributed by atoms with Gasteiger partial charge in [-0.15, -0.1) is 0 Å². The first-order chi connectivity index (χ1) is 13.6. The minimum Gasteiger partial charge on any atom is -0.506 e. The molecule has 2 rings (SSSR count). The summed E-state index contributed by atoms with van der Waals surface area (Å²) < 4.78 is 27.7. The third-order valence-electron chi connectivity index (χ3n) is 4.64. The Hall–Kier alpha value is -2.13. The van der Waals surface area contributed by atoms with E-state index in [4.69, 9.17) is 5.73 Å². The largest absolute Gasteiger partial charge is 0.506 e. The molecule has 2 aromatic carbocycles. The standard InChI is InChI=1S/C21H31N3O4S/c1-15(2)13-24(14-21(26)18(22)11-16-7-5-4-6-8-16)29(27,28)17-9-10-20(25)19(12-17)23-3/h4-10,12,15,18,21,23,25-26H,11,13-14,22H2,1-3H3. The third-order valence-corrected chi connectivity index (χ3v) is 6.47. The summed E-state index contributed by atoms with van der Waals surface area (Å²) in [7, 11) is -2.28. The molecule has 0 fully saturated rings. The van der Waals surface area contributed by atoms with Crippen LogP contribution in [0.15, 0.2) is 53.4 Å². The van der Waals surface area contributed by atoms with E-state index >= 15 is 0 Å². The molecule has 2 unspecified atom stereocenters. The van der Waals surface area contributed by atoms with E-state index in [1.807, 2.05) is 44.2 Å². The Labute approximate surface area is 173 Å². The fourth-order valence-electron chi connectivity index (χ4n) is 3.07. The molecule has 0 radical (unpaired) electrons. The molecule has 160 valence electrons. The van der Waals surface area contributed by atoms with Gasteiger partial charge in [0.15, 0.2) is 0 Å². The number of hydrogen-bond acceptors (Lipinski definition) is 6. The molecule has 0 heterocycles. The zero-order valence-corrected chi connectivity index (χ0v) is 17.9. The van der Waals surface area contributed by atoms with E-state index < -0.39 is 22.2 Å². The molecule has 0 aromatic heterocycles. The molecular formula is C21H31N3O4S. The summed E-state index contributed by atoms with van der Waals surface area (Å²) in [5.74, 6) is 0.0231. The monoisotopic (exact) mass is 421 g/mol. The quantitative estimate of drug-likeness (QED) is 0.436. The molecular weight excluding hydrogens is 390 g/mol. The van der Waals surface area contributed by atoms with E-state index in [0.717, 1.165) is 5.56 Å². The van der Waals surface area contributed by atoms with Crippen molar-refractivity contribution in [3.05, 3.63) is 54.1 Å². The lowest BCUT2D eigenvalue weighted by molar-refractivity contribution is 0.116. The summed E-state index contributed by atoms with van der Waals surface area (Å²) in [4.78, 5) is 0.0455. The number of aliphatic hydroxyl groups is 1. The van der Waals surface area contributed by atoms with Crippen LogP contribution in [0, 0.1) is 5.92 Å². The van der Waals surface area contributed by atoms with Gasteiger partial charge in [0.2, 0.25) is 10.0 Å². The second-order valence-electron chi connectivity index (χ2n) is 7.57. The van der Waals surface area contributed by atoms with Gasteiger partial charge >= 0.3 is 0 Å². The first kappa shape index (κ1) is 23.2. The van der Waals surface area contributed by atoms with Crippen molar-refractivity contribution in [3.8, 4) is 5.75 Å². The van der Waals surface area contributed by atoms with Gasteiger partial charge < -0.3 is 21.3 Å². The number of nitrogens with two attached hydrogens (primary N) is 1. The average Bonchev–Trinajstić information content (AvgIpc) is 2.68. The number of hydrogen-bond donors (Lipinski definition) is 4. The molecule has 0 amide bonds. The van der Waals surface area contributed by atoms with Gasteiger partial charge in [0.1, 0.15) is 5.75 Å². The molecule has 8 heteroatoms. The summed E-state index contributed by atoms with van der Waals surface area (Å²) >= 11 is 0. The van der Waals surface area contributed by atoms with Crippen LogP contribution in [0.4, 0.5) is 5.69 Å². The lowest BCUT2D eigenvalue weighted by Crippen LogP contribution is -2.47. The number of aliphatic hydroxyl groups excluding tert-OH is 1. The summed E-state index contributed by atoms with van der Waals surface area (Å²) in [6.07, 6.45) is -0.578. The second-order valence-corrected chi connectivity index (χ2v) is 9.50. The van der Waals surface area contributed by atoms with Crippen LogP contribution in [0.3, 0.4) is 0 Å². The topological polar surface area (TPSA) is 116 Å². The number of nitrogens with one attached hydrogen (secondary N) is 1. The molecule has 2 aromatic rings. The molecule has 0 bridgehead atoms. The Kier molecular flexibility index (Phi) is 8.04. The summed E-state index contributed by atoms with van der Waals surface area (Å²) in [5, 5.41) is 23.2. The van der Waals surface area contributed by atoms with Crippen molar-refractivity contribution >= 4 is 15.7 Å². The lowest BCUT2D eigenvalue weighted by Gasteiger charge is -2.29. The van der Waals surface area contributed by atoms with E-state index in [1.165, 1.54) is 22.5 Å². The molecule has 7 nitrogen and oxygen atoms in total. The van der Waals surface area contributed by atoms with Gasteiger partial charge in [-0.25, -0.2) is 8.42 Å². The summed E-state index contributed by atoms with van der Waals surface area (Å²) in [6.45, 7) is 3.96. The normalized spacial score (nSPS) is 14.2. The molecule has 0 aliphatic carbocycles. The van der Waals surface area contributed by atoms with Gasteiger partial charge in [-0.2, -0.15) is 4.31 Å². The minimum absolute atomic E-state index is 0.0354. The SMILES string of the molecule is CNc1cc(S(=O)(=O)N(CC(C)C)CC(O)C(N)Cc2ccccc2)ccc1O. The van der Waals surface area contributed by atoms with E-state index in [0.29, 0.717) is 12.1 Å². The number of sulfonamides is 1. The van der Waals surface area contributed by atoms with E-state index in [1.54, 1.807) is 7.05 Å².